The average molecular weight is 436 g/mol. The predicted octanol–water partition coefficient (Wildman–Crippen LogP) is 4.41. The SMILES string of the molecule is COc1ccnc(C(=O)Nc2ccc3nc(N(C)c4cccnc4Cl)ccc3c2)c1O. The van der Waals surface area contributed by atoms with Crippen molar-refractivity contribution >= 4 is 45.6 Å². The van der Waals surface area contributed by atoms with Gasteiger partial charge in [-0.05, 0) is 42.5 Å². The first-order valence-corrected chi connectivity index (χ1v) is 9.64. The molecule has 4 aromatic rings. The Bertz CT molecular complexity index is 1280. The van der Waals surface area contributed by atoms with E-state index in [4.69, 9.17) is 16.3 Å². The lowest BCUT2D eigenvalue weighted by molar-refractivity contribution is 0.101. The lowest BCUT2D eigenvalue weighted by Gasteiger charge is -2.19. The van der Waals surface area contributed by atoms with Gasteiger partial charge in [0.1, 0.15) is 5.82 Å². The molecule has 0 saturated heterocycles. The number of anilines is 3. The van der Waals surface area contributed by atoms with Crippen LogP contribution < -0.4 is 15.0 Å². The molecule has 0 fully saturated rings. The van der Waals surface area contributed by atoms with Gasteiger partial charge in [0.25, 0.3) is 5.91 Å². The average Bonchev–Trinajstić information content (AvgIpc) is 2.78. The number of nitrogens with one attached hydrogen (secondary N) is 1. The fourth-order valence-electron chi connectivity index (χ4n) is 3.09. The minimum Gasteiger partial charge on any atom is -0.503 e. The molecule has 3 heterocycles. The zero-order chi connectivity index (χ0) is 22.0. The van der Waals surface area contributed by atoms with Gasteiger partial charge in [-0.2, -0.15) is 0 Å². The van der Waals surface area contributed by atoms with Crippen LogP contribution in [0.1, 0.15) is 10.5 Å². The fraction of sp³-hybridized carbons (Fsp3) is 0.0909. The zero-order valence-electron chi connectivity index (χ0n) is 16.7. The van der Waals surface area contributed by atoms with Gasteiger partial charge in [-0.1, -0.05) is 11.6 Å². The molecule has 0 spiro atoms. The summed E-state index contributed by atoms with van der Waals surface area (Å²) in [7, 11) is 3.26. The summed E-state index contributed by atoms with van der Waals surface area (Å²) in [6.45, 7) is 0. The third-order valence-electron chi connectivity index (χ3n) is 4.70. The van der Waals surface area contributed by atoms with E-state index < -0.39 is 5.91 Å². The van der Waals surface area contributed by atoms with Crippen LogP contribution in [0.4, 0.5) is 17.2 Å². The monoisotopic (exact) mass is 435 g/mol. The Hall–Kier alpha value is -3.91. The highest BCUT2D eigenvalue weighted by atomic mass is 35.5. The quantitative estimate of drug-likeness (QED) is 0.448. The van der Waals surface area contributed by atoms with E-state index in [1.807, 2.05) is 36.2 Å². The molecule has 2 N–H and O–H groups in total. The van der Waals surface area contributed by atoms with Gasteiger partial charge >= 0.3 is 0 Å². The van der Waals surface area contributed by atoms with Gasteiger partial charge in [0, 0.05) is 36.6 Å². The Morgan fingerprint density at radius 1 is 1.13 bits per heavy atom. The number of benzene rings is 1. The number of carbonyl (C=O) groups excluding carboxylic acids is 1. The Morgan fingerprint density at radius 3 is 2.74 bits per heavy atom. The summed E-state index contributed by atoms with van der Waals surface area (Å²) in [4.78, 5) is 27.1. The molecule has 9 heteroatoms. The van der Waals surface area contributed by atoms with Gasteiger partial charge in [0.15, 0.2) is 22.3 Å². The normalized spacial score (nSPS) is 10.7. The molecule has 0 radical (unpaired) electrons. The van der Waals surface area contributed by atoms with Crippen LogP contribution in [0.2, 0.25) is 5.15 Å². The Kier molecular flexibility index (Phi) is 5.55. The molecule has 4 rings (SSSR count). The first-order chi connectivity index (χ1) is 15.0. The van der Waals surface area contributed by atoms with Gasteiger partial charge in [-0.25, -0.2) is 15.0 Å². The second-order valence-electron chi connectivity index (χ2n) is 6.61. The molecule has 0 aliphatic heterocycles. The molecular formula is C22H18ClN5O3. The molecule has 0 aliphatic carbocycles. The van der Waals surface area contributed by atoms with Crippen molar-refractivity contribution in [3.05, 3.63) is 71.8 Å². The van der Waals surface area contributed by atoms with Gasteiger partial charge in [0.2, 0.25) is 0 Å². The van der Waals surface area contributed by atoms with Crippen LogP contribution in [-0.4, -0.2) is 40.1 Å². The minimum absolute atomic E-state index is 0.122. The number of hydrogen-bond acceptors (Lipinski definition) is 7. The molecule has 156 valence electrons. The summed E-state index contributed by atoms with van der Waals surface area (Å²) in [6, 6.07) is 14.2. The topological polar surface area (TPSA) is 100 Å². The number of halogens is 1. The molecule has 1 aromatic carbocycles. The van der Waals surface area contributed by atoms with E-state index in [0.29, 0.717) is 16.7 Å². The Morgan fingerprint density at radius 2 is 1.97 bits per heavy atom. The van der Waals surface area contributed by atoms with Crippen molar-refractivity contribution in [1.29, 1.82) is 0 Å². The van der Waals surface area contributed by atoms with Gasteiger partial charge in [0.05, 0.1) is 18.3 Å². The third-order valence-corrected chi connectivity index (χ3v) is 4.99. The van der Waals surface area contributed by atoms with Crippen LogP contribution in [0, 0.1) is 0 Å². The van der Waals surface area contributed by atoms with Crippen LogP contribution in [0.5, 0.6) is 11.5 Å². The summed E-state index contributed by atoms with van der Waals surface area (Å²) >= 11 is 6.19. The van der Waals surface area contributed by atoms with Crippen molar-refractivity contribution in [3.8, 4) is 11.5 Å². The summed E-state index contributed by atoms with van der Waals surface area (Å²) in [5.74, 6) is 0.0101. The number of aromatic hydroxyl groups is 1. The fourth-order valence-corrected chi connectivity index (χ4v) is 3.33. The molecule has 0 aliphatic rings. The number of pyridine rings is 3. The molecule has 0 bridgehead atoms. The van der Waals surface area contributed by atoms with E-state index >= 15 is 0 Å². The molecule has 8 nitrogen and oxygen atoms in total. The number of rotatable bonds is 5. The maximum absolute atomic E-state index is 12.5. The van der Waals surface area contributed by atoms with Crippen LogP contribution in [-0.2, 0) is 0 Å². The summed E-state index contributed by atoms with van der Waals surface area (Å²) in [6.07, 6.45) is 3.02. The maximum atomic E-state index is 12.5. The first kappa shape index (κ1) is 20.4. The number of carbonyl (C=O) groups is 1. The van der Waals surface area contributed by atoms with E-state index in [9.17, 15) is 9.90 Å². The molecular weight excluding hydrogens is 418 g/mol. The number of methoxy groups -OCH3 is 1. The zero-order valence-corrected chi connectivity index (χ0v) is 17.5. The molecule has 0 unspecified atom stereocenters. The number of ether oxygens (including phenoxy) is 1. The first-order valence-electron chi connectivity index (χ1n) is 9.26. The second kappa shape index (κ2) is 8.45. The van der Waals surface area contributed by atoms with Crippen LogP contribution in [0.25, 0.3) is 10.9 Å². The third kappa shape index (κ3) is 4.06. The lowest BCUT2D eigenvalue weighted by Crippen LogP contribution is -2.14. The highest BCUT2D eigenvalue weighted by molar-refractivity contribution is 6.32. The van der Waals surface area contributed by atoms with Crippen LogP contribution >= 0.6 is 11.6 Å². The standard InChI is InChI=1S/C22H18ClN5O3/c1-28(16-4-3-10-25-21(16)23)18-8-5-13-12-14(6-7-15(13)27-18)26-22(30)19-20(29)17(31-2)9-11-24-19/h3-12,29H,1-2H3,(H,26,30). The summed E-state index contributed by atoms with van der Waals surface area (Å²) in [5, 5.41) is 14.1. The Labute approximate surface area is 183 Å². The summed E-state index contributed by atoms with van der Waals surface area (Å²) in [5.41, 5.74) is 1.90. The Balaban J connectivity index is 1.59. The van der Waals surface area contributed by atoms with Crippen molar-refractivity contribution in [1.82, 2.24) is 15.0 Å². The van der Waals surface area contributed by atoms with Crippen molar-refractivity contribution < 1.29 is 14.6 Å². The van der Waals surface area contributed by atoms with Crippen molar-refractivity contribution in [3.63, 3.8) is 0 Å². The van der Waals surface area contributed by atoms with Crippen molar-refractivity contribution in [2.24, 2.45) is 0 Å². The number of fused-ring (bicyclic) bond motifs is 1. The molecule has 31 heavy (non-hydrogen) atoms. The lowest BCUT2D eigenvalue weighted by atomic mass is 10.2. The van der Waals surface area contributed by atoms with Gasteiger partial charge < -0.3 is 20.1 Å². The molecule has 3 aromatic heterocycles. The van der Waals surface area contributed by atoms with E-state index in [1.165, 1.54) is 19.4 Å². The smallest absolute Gasteiger partial charge is 0.278 e. The van der Waals surface area contributed by atoms with E-state index in [0.717, 1.165) is 16.6 Å². The largest absolute Gasteiger partial charge is 0.503 e. The number of amides is 1. The number of aromatic nitrogens is 3. The molecule has 0 atom stereocenters. The minimum atomic E-state index is -0.550. The molecule has 1 amide bonds. The van der Waals surface area contributed by atoms with Gasteiger partial charge in [-0.3, -0.25) is 4.79 Å². The predicted molar refractivity (Wildman–Crippen MR) is 119 cm³/mol. The van der Waals surface area contributed by atoms with E-state index in [1.54, 1.807) is 24.4 Å². The van der Waals surface area contributed by atoms with E-state index in [2.05, 4.69) is 20.3 Å². The van der Waals surface area contributed by atoms with Crippen molar-refractivity contribution in [2.75, 3.05) is 24.4 Å². The van der Waals surface area contributed by atoms with E-state index in [-0.39, 0.29) is 17.2 Å². The number of nitrogens with zero attached hydrogens (tertiary/aromatic N) is 4. The second-order valence-corrected chi connectivity index (χ2v) is 6.97. The summed E-state index contributed by atoms with van der Waals surface area (Å²) < 4.78 is 5.02. The highest BCUT2D eigenvalue weighted by Crippen LogP contribution is 2.30. The maximum Gasteiger partial charge on any atom is 0.278 e. The van der Waals surface area contributed by atoms with Gasteiger partial charge in [-0.15, -0.1) is 0 Å². The number of hydrogen-bond donors (Lipinski definition) is 2. The van der Waals surface area contributed by atoms with Crippen LogP contribution in [0.15, 0.2) is 60.9 Å². The van der Waals surface area contributed by atoms with Crippen molar-refractivity contribution in [2.45, 2.75) is 0 Å². The van der Waals surface area contributed by atoms with Crippen LogP contribution in [0.3, 0.4) is 0 Å². The molecule has 0 saturated carbocycles. The highest BCUT2D eigenvalue weighted by Gasteiger charge is 2.17.